The number of fused-ring (bicyclic) bond motifs is 1. The molecule has 8 nitrogen and oxygen atoms in total. The summed E-state index contributed by atoms with van der Waals surface area (Å²) in [5.74, 6) is 2.15. The van der Waals surface area contributed by atoms with Gasteiger partial charge in [0.05, 0.1) is 31.6 Å². The van der Waals surface area contributed by atoms with Gasteiger partial charge in [-0.3, -0.25) is 0 Å². The molecule has 3 aromatic rings. The van der Waals surface area contributed by atoms with Gasteiger partial charge in [0.15, 0.2) is 5.82 Å². The van der Waals surface area contributed by atoms with Crippen molar-refractivity contribution in [3.63, 3.8) is 0 Å². The molecular formula is C21H22N6O2. The van der Waals surface area contributed by atoms with Gasteiger partial charge in [-0.25, -0.2) is 4.98 Å². The summed E-state index contributed by atoms with van der Waals surface area (Å²) in [6, 6.07) is 9.72. The van der Waals surface area contributed by atoms with Crippen LogP contribution < -0.4 is 15.0 Å². The molecule has 1 saturated heterocycles. The van der Waals surface area contributed by atoms with Gasteiger partial charge in [0.1, 0.15) is 17.6 Å². The Balaban J connectivity index is 1.67. The average molecular weight is 390 g/mol. The Labute approximate surface area is 169 Å². The Kier molecular flexibility index (Phi) is 5.40. The third-order valence-corrected chi connectivity index (χ3v) is 5.04. The summed E-state index contributed by atoms with van der Waals surface area (Å²) in [4.78, 5) is 6.83. The van der Waals surface area contributed by atoms with Crippen molar-refractivity contribution in [1.29, 1.82) is 5.26 Å². The maximum Gasteiger partial charge on any atom is 0.157 e. The number of rotatable bonds is 5. The zero-order valence-electron chi connectivity index (χ0n) is 16.5. The molecular weight excluding hydrogens is 368 g/mol. The van der Waals surface area contributed by atoms with Crippen LogP contribution in [-0.4, -0.2) is 48.6 Å². The molecule has 2 aromatic heterocycles. The van der Waals surface area contributed by atoms with Gasteiger partial charge in [-0.15, -0.1) is 5.10 Å². The zero-order chi connectivity index (χ0) is 20.2. The summed E-state index contributed by atoms with van der Waals surface area (Å²) >= 11 is 0. The van der Waals surface area contributed by atoms with E-state index < -0.39 is 0 Å². The van der Waals surface area contributed by atoms with E-state index in [1.165, 1.54) is 0 Å². The highest BCUT2D eigenvalue weighted by Crippen LogP contribution is 2.28. The van der Waals surface area contributed by atoms with Crippen molar-refractivity contribution in [2.75, 3.05) is 43.6 Å². The minimum atomic E-state index is 0.459. The van der Waals surface area contributed by atoms with Crippen LogP contribution in [0.15, 0.2) is 30.5 Å². The number of anilines is 2. The summed E-state index contributed by atoms with van der Waals surface area (Å²) in [6.45, 7) is 5.42. The number of hydrogen-bond donors (Lipinski definition) is 1. The van der Waals surface area contributed by atoms with Crippen LogP contribution in [0.3, 0.4) is 0 Å². The van der Waals surface area contributed by atoms with Gasteiger partial charge in [-0.1, -0.05) is 12.1 Å². The summed E-state index contributed by atoms with van der Waals surface area (Å²) < 4.78 is 10.9. The fraction of sp³-hybridized carbons (Fsp3) is 0.333. The first kappa shape index (κ1) is 18.9. The number of benzene rings is 1. The van der Waals surface area contributed by atoms with Crippen LogP contribution >= 0.6 is 0 Å². The first-order chi connectivity index (χ1) is 14.2. The van der Waals surface area contributed by atoms with Crippen molar-refractivity contribution >= 4 is 22.4 Å². The number of aryl methyl sites for hydroxylation is 1. The molecule has 148 valence electrons. The molecule has 0 amide bonds. The summed E-state index contributed by atoms with van der Waals surface area (Å²) in [5, 5.41) is 23.2. The zero-order valence-corrected chi connectivity index (χ0v) is 16.5. The molecule has 1 aliphatic rings. The SMILES string of the molecule is COc1c(C#N)cccc1CNc1nnc(C)c2cnc(N3CCOCC3)cc12. The third kappa shape index (κ3) is 3.77. The van der Waals surface area contributed by atoms with Crippen LogP contribution in [0.2, 0.25) is 0 Å². The van der Waals surface area contributed by atoms with Gasteiger partial charge in [-0.05, 0) is 19.1 Å². The van der Waals surface area contributed by atoms with E-state index in [0.717, 1.165) is 40.9 Å². The van der Waals surface area contributed by atoms with Gasteiger partial charge in [0, 0.05) is 42.2 Å². The molecule has 1 aliphatic heterocycles. The molecule has 0 saturated carbocycles. The molecule has 0 unspecified atom stereocenters. The number of nitrogens with one attached hydrogen (secondary N) is 1. The topological polar surface area (TPSA) is 96.2 Å². The van der Waals surface area contributed by atoms with Crippen molar-refractivity contribution in [3.8, 4) is 11.8 Å². The van der Waals surface area contributed by atoms with Crippen molar-refractivity contribution < 1.29 is 9.47 Å². The number of para-hydroxylation sites is 1. The molecule has 1 N–H and O–H groups in total. The molecule has 8 heteroatoms. The molecule has 4 rings (SSSR count). The Morgan fingerprint density at radius 1 is 1.24 bits per heavy atom. The van der Waals surface area contributed by atoms with Crippen molar-refractivity contribution in [2.24, 2.45) is 0 Å². The first-order valence-electron chi connectivity index (χ1n) is 9.47. The maximum absolute atomic E-state index is 9.29. The first-order valence-corrected chi connectivity index (χ1v) is 9.47. The monoisotopic (exact) mass is 390 g/mol. The lowest BCUT2D eigenvalue weighted by Gasteiger charge is -2.28. The standard InChI is InChI=1S/C21H22N6O2/c1-14-18-13-23-19(27-6-8-29-9-7-27)10-17(18)21(26-25-14)24-12-16-5-3-4-15(11-22)20(16)28-2/h3-5,10,13H,6-9,12H2,1-2H3,(H,24,26). The highest BCUT2D eigenvalue weighted by atomic mass is 16.5. The lowest BCUT2D eigenvalue weighted by atomic mass is 10.1. The largest absolute Gasteiger partial charge is 0.495 e. The summed E-state index contributed by atoms with van der Waals surface area (Å²) in [7, 11) is 1.57. The highest BCUT2D eigenvalue weighted by molar-refractivity contribution is 5.94. The van der Waals surface area contributed by atoms with E-state index in [9.17, 15) is 5.26 Å². The molecule has 3 heterocycles. The summed E-state index contributed by atoms with van der Waals surface area (Å²) in [6.07, 6.45) is 1.85. The Morgan fingerprint density at radius 3 is 2.83 bits per heavy atom. The molecule has 0 spiro atoms. The third-order valence-electron chi connectivity index (χ3n) is 5.04. The molecule has 0 bridgehead atoms. The second-order valence-electron chi connectivity index (χ2n) is 6.78. The van der Waals surface area contributed by atoms with Crippen LogP contribution in [0.4, 0.5) is 11.6 Å². The van der Waals surface area contributed by atoms with E-state index >= 15 is 0 Å². The van der Waals surface area contributed by atoms with Gasteiger partial charge in [0.2, 0.25) is 0 Å². The van der Waals surface area contributed by atoms with Gasteiger partial charge in [-0.2, -0.15) is 10.4 Å². The van der Waals surface area contributed by atoms with E-state index in [-0.39, 0.29) is 0 Å². The Hall–Kier alpha value is -3.44. The Bertz CT molecular complexity index is 1070. The number of ether oxygens (including phenoxy) is 2. The second-order valence-corrected chi connectivity index (χ2v) is 6.78. The normalized spacial score (nSPS) is 13.9. The van der Waals surface area contributed by atoms with E-state index in [4.69, 9.17) is 9.47 Å². The fourth-order valence-corrected chi connectivity index (χ4v) is 3.49. The number of pyridine rings is 1. The predicted molar refractivity (Wildman–Crippen MR) is 110 cm³/mol. The van der Waals surface area contributed by atoms with Gasteiger partial charge < -0.3 is 19.7 Å². The number of morpholine rings is 1. The van der Waals surface area contributed by atoms with Crippen LogP contribution in [0, 0.1) is 18.3 Å². The molecule has 0 aliphatic carbocycles. The quantitative estimate of drug-likeness (QED) is 0.710. The molecule has 29 heavy (non-hydrogen) atoms. The molecule has 1 aromatic carbocycles. The van der Waals surface area contributed by atoms with Crippen LogP contribution in [0.1, 0.15) is 16.8 Å². The number of aromatic nitrogens is 3. The number of nitrogens with zero attached hydrogens (tertiary/aromatic N) is 5. The highest BCUT2D eigenvalue weighted by Gasteiger charge is 2.16. The van der Waals surface area contributed by atoms with Crippen LogP contribution in [0.25, 0.3) is 10.8 Å². The summed E-state index contributed by atoms with van der Waals surface area (Å²) in [5.41, 5.74) is 2.21. The average Bonchev–Trinajstić information content (AvgIpc) is 2.78. The van der Waals surface area contributed by atoms with Crippen LogP contribution in [0.5, 0.6) is 5.75 Å². The van der Waals surface area contributed by atoms with E-state index in [2.05, 4.69) is 31.5 Å². The molecule has 0 radical (unpaired) electrons. The van der Waals surface area contributed by atoms with Crippen molar-refractivity contribution in [2.45, 2.75) is 13.5 Å². The number of hydrogen-bond acceptors (Lipinski definition) is 8. The predicted octanol–water partition coefficient (Wildman–Crippen LogP) is 2.66. The molecule has 1 fully saturated rings. The lowest BCUT2D eigenvalue weighted by molar-refractivity contribution is 0.122. The van der Waals surface area contributed by atoms with Crippen LogP contribution in [-0.2, 0) is 11.3 Å². The Morgan fingerprint density at radius 2 is 2.07 bits per heavy atom. The smallest absolute Gasteiger partial charge is 0.157 e. The van der Waals surface area contributed by atoms with E-state index in [1.54, 1.807) is 13.2 Å². The lowest BCUT2D eigenvalue weighted by Crippen LogP contribution is -2.36. The fourth-order valence-electron chi connectivity index (χ4n) is 3.49. The maximum atomic E-state index is 9.29. The van der Waals surface area contributed by atoms with Crippen molar-refractivity contribution in [3.05, 3.63) is 47.3 Å². The molecule has 0 atom stereocenters. The van der Waals surface area contributed by atoms with E-state index in [1.807, 2.05) is 31.3 Å². The minimum Gasteiger partial charge on any atom is -0.495 e. The van der Waals surface area contributed by atoms with E-state index in [0.29, 0.717) is 36.9 Å². The van der Waals surface area contributed by atoms with Gasteiger partial charge >= 0.3 is 0 Å². The van der Waals surface area contributed by atoms with Gasteiger partial charge in [0.25, 0.3) is 0 Å². The second kappa shape index (κ2) is 8.29. The minimum absolute atomic E-state index is 0.459. The number of methoxy groups -OCH3 is 1. The van der Waals surface area contributed by atoms with Crippen molar-refractivity contribution in [1.82, 2.24) is 15.2 Å². The number of nitriles is 1.